The van der Waals surface area contributed by atoms with Gasteiger partial charge >= 0.3 is 0 Å². The number of hydrogen-bond acceptors (Lipinski definition) is 4. The van der Waals surface area contributed by atoms with Gasteiger partial charge in [-0.25, -0.2) is 0 Å². The third-order valence-corrected chi connectivity index (χ3v) is 3.22. The maximum Gasteiger partial charge on any atom is 0.229 e. The quantitative estimate of drug-likeness (QED) is 0.782. The van der Waals surface area contributed by atoms with Crippen molar-refractivity contribution in [3.8, 4) is 11.8 Å². The van der Waals surface area contributed by atoms with Gasteiger partial charge in [0.15, 0.2) is 0 Å². The molecule has 0 atom stereocenters. The highest BCUT2D eigenvalue weighted by molar-refractivity contribution is 5.97. The molecule has 1 aliphatic heterocycles. The van der Waals surface area contributed by atoms with Crippen LogP contribution >= 0.6 is 0 Å². The number of carbonyl (C=O) groups excluding carboxylic acids is 2. The lowest BCUT2D eigenvalue weighted by molar-refractivity contribution is -0.150. The maximum absolute atomic E-state index is 11.8. The van der Waals surface area contributed by atoms with E-state index in [4.69, 9.17) is 10.00 Å². The van der Waals surface area contributed by atoms with Crippen LogP contribution in [0.2, 0.25) is 0 Å². The van der Waals surface area contributed by atoms with Gasteiger partial charge in [0.25, 0.3) is 0 Å². The lowest BCUT2D eigenvalue weighted by atomic mass is 9.98. The summed E-state index contributed by atoms with van der Waals surface area (Å²) in [6.07, 6.45) is 0.839. The normalized spacial score (nSPS) is 16.1. The van der Waals surface area contributed by atoms with Crippen LogP contribution in [0.1, 0.15) is 25.3 Å². The van der Waals surface area contributed by atoms with E-state index in [1.165, 1.54) is 4.90 Å². The summed E-state index contributed by atoms with van der Waals surface area (Å²) < 4.78 is 5.48. The molecule has 0 saturated carbocycles. The Balaban J connectivity index is 1.84. The fourth-order valence-corrected chi connectivity index (χ4v) is 2.16. The van der Waals surface area contributed by atoms with E-state index in [1.807, 2.05) is 13.0 Å². The number of hydrogen-bond donors (Lipinski definition) is 0. The lowest BCUT2D eigenvalue weighted by Crippen LogP contribution is -2.44. The third kappa shape index (κ3) is 3.35. The molecule has 0 N–H and O–H groups in total. The SMILES string of the molecule is CC1CC(=O)N(CCOc2ccc(C#N)cc2)C(=O)C1. The summed E-state index contributed by atoms with van der Waals surface area (Å²) in [5.41, 5.74) is 0.563. The van der Waals surface area contributed by atoms with Crippen molar-refractivity contribution in [1.29, 1.82) is 5.26 Å². The van der Waals surface area contributed by atoms with Gasteiger partial charge in [-0.05, 0) is 30.2 Å². The minimum absolute atomic E-state index is 0.128. The van der Waals surface area contributed by atoms with Gasteiger partial charge in [0.2, 0.25) is 11.8 Å². The first-order valence-electron chi connectivity index (χ1n) is 6.56. The number of nitriles is 1. The lowest BCUT2D eigenvalue weighted by Gasteiger charge is -2.28. The summed E-state index contributed by atoms with van der Waals surface area (Å²) in [5, 5.41) is 8.68. The zero-order valence-electron chi connectivity index (χ0n) is 11.3. The molecule has 1 heterocycles. The van der Waals surface area contributed by atoms with Crippen LogP contribution in [0.3, 0.4) is 0 Å². The molecule has 0 aromatic heterocycles. The monoisotopic (exact) mass is 272 g/mol. The molecule has 0 aliphatic carbocycles. The predicted molar refractivity (Wildman–Crippen MR) is 71.8 cm³/mol. The molecule has 2 amide bonds. The Kier molecular flexibility index (Phi) is 4.36. The minimum atomic E-state index is -0.128. The Morgan fingerprint density at radius 2 is 1.85 bits per heavy atom. The van der Waals surface area contributed by atoms with Gasteiger partial charge in [0.1, 0.15) is 12.4 Å². The molecule has 0 unspecified atom stereocenters. The van der Waals surface area contributed by atoms with E-state index in [9.17, 15) is 9.59 Å². The van der Waals surface area contributed by atoms with Gasteiger partial charge in [-0.2, -0.15) is 5.26 Å². The predicted octanol–water partition coefficient (Wildman–Crippen LogP) is 1.72. The molecule has 1 aromatic rings. The summed E-state index contributed by atoms with van der Waals surface area (Å²) in [6, 6.07) is 8.74. The minimum Gasteiger partial charge on any atom is -0.492 e. The van der Waals surface area contributed by atoms with Crippen molar-refractivity contribution >= 4 is 11.8 Å². The molecule has 0 spiro atoms. The van der Waals surface area contributed by atoms with E-state index in [-0.39, 0.29) is 30.9 Å². The summed E-state index contributed by atoms with van der Waals surface area (Å²) in [4.78, 5) is 24.8. The van der Waals surface area contributed by atoms with Crippen LogP contribution in [0.15, 0.2) is 24.3 Å². The highest BCUT2D eigenvalue weighted by atomic mass is 16.5. The van der Waals surface area contributed by atoms with Crippen LogP contribution in [0.5, 0.6) is 5.75 Å². The van der Waals surface area contributed by atoms with Crippen molar-refractivity contribution in [3.05, 3.63) is 29.8 Å². The average Bonchev–Trinajstić information content (AvgIpc) is 2.42. The number of piperidine rings is 1. The topological polar surface area (TPSA) is 70.4 Å². The van der Waals surface area contributed by atoms with Crippen molar-refractivity contribution < 1.29 is 14.3 Å². The molecule has 1 saturated heterocycles. The first-order chi connectivity index (χ1) is 9.60. The Labute approximate surface area is 117 Å². The Morgan fingerprint density at radius 1 is 1.25 bits per heavy atom. The molecule has 0 radical (unpaired) electrons. The van der Waals surface area contributed by atoms with Gasteiger partial charge < -0.3 is 4.74 Å². The molecule has 1 fully saturated rings. The number of imide groups is 1. The first kappa shape index (κ1) is 14.1. The summed E-state index contributed by atoms with van der Waals surface area (Å²) in [5.74, 6) is 0.495. The fraction of sp³-hybridized carbons (Fsp3) is 0.400. The highest BCUT2D eigenvalue weighted by Gasteiger charge is 2.29. The van der Waals surface area contributed by atoms with Gasteiger partial charge in [0, 0.05) is 12.8 Å². The highest BCUT2D eigenvalue weighted by Crippen LogP contribution is 2.18. The Morgan fingerprint density at radius 3 is 2.40 bits per heavy atom. The molecule has 1 aliphatic rings. The van der Waals surface area contributed by atoms with Gasteiger partial charge in [-0.3, -0.25) is 14.5 Å². The van der Waals surface area contributed by atoms with E-state index < -0.39 is 0 Å². The second kappa shape index (κ2) is 6.20. The van der Waals surface area contributed by atoms with Crippen LogP contribution < -0.4 is 4.74 Å². The second-order valence-corrected chi connectivity index (χ2v) is 4.94. The Hall–Kier alpha value is -2.35. The van der Waals surface area contributed by atoms with Crippen molar-refractivity contribution in [2.45, 2.75) is 19.8 Å². The second-order valence-electron chi connectivity index (χ2n) is 4.94. The van der Waals surface area contributed by atoms with Crippen LogP contribution in [0, 0.1) is 17.2 Å². The van der Waals surface area contributed by atoms with Gasteiger partial charge in [-0.15, -0.1) is 0 Å². The zero-order chi connectivity index (χ0) is 14.5. The molecule has 2 rings (SSSR count). The van der Waals surface area contributed by atoms with Crippen molar-refractivity contribution in [2.75, 3.05) is 13.2 Å². The zero-order valence-corrected chi connectivity index (χ0v) is 11.3. The molecule has 5 heteroatoms. The summed E-state index contributed by atoms with van der Waals surface area (Å²) in [6.45, 7) is 2.43. The summed E-state index contributed by atoms with van der Waals surface area (Å²) in [7, 11) is 0. The third-order valence-electron chi connectivity index (χ3n) is 3.22. The number of benzene rings is 1. The summed E-state index contributed by atoms with van der Waals surface area (Å²) >= 11 is 0. The fourth-order valence-electron chi connectivity index (χ4n) is 2.16. The van der Waals surface area contributed by atoms with E-state index in [2.05, 4.69) is 0 Å². The number of amides is 2. The van der Waals surface area contributed by atoms with E-state index in [1.54, 1.807) is 24.3 Å². The van der Waals surface area contributed by atoms with Crippen molar-refractivity contribution in [2.24, 2.45) is 5.92 Å². The number of rotatable bonds is 4. The van der Waals surface area contributed by atoms with Gasteiger partial charge in [0.05, 0.1) is 18.2 Å². The van der Waals surface area contributed by atoms with Crippen LogP contribution in [0.25, 0.3) is 0 Å². The van der Waals surface area contributed by atoms with Crippen molar-refractivity contribution in [1.82, 2.24) is 4.90 Å². The van der Waals surface area contributed by atoms with Crippen LogP contribution in [-0.4, -0.2) is 29.9 Å². The molecule has 5 nitrogen and oxygen atoms in total. The van der Waals surface area contributed by atoms with E-state index >= 15 is 0 Å². The molecular formula is C15H16N2O3. The largest absolute Gasteiger partial charge is 0.492 e. The molecule has 20 heavy (non-hydrogen) atoms. The van der Waals surface area contributed by atoms with Gasteiger partial charge in [-0.1, -0.05) is 6.92 Å². The molecular weight excluding hydrogens is 256 g/mol. The maximum atomic E-state index is 11.8. The first-order valence-corrected chi connectivity index (χ1v) is 6.56. The van der Waals surface area contributed by atoms with E-state index in [0.717, 1.165) is 0 Å². The van der Waals surface area contributed by atoms with Crippen LogP contribution in [0.4, 0.5) is 0 Å². The molecule has 0 bridgehead atoms. The Bertz CT molecular complexity index is 527. The number of likely N-dealkylation sites (tertiary alicyclic amines) is 1. The average molecular weight is 272 g/mol. The number of carbonyl (C=O) groups is 2. The molecule has 1 aromatic carbocycles. The molecule has 104 valence electrons. The number of ether oxygens (including phenoxy) is 1. The van der Waals surface area contributed by atoms with E-state index in [0.29, 0.717) is 24.2 Å². The van der Waals surface area contributed by atoms with Crippen LogP contribution in [-0.2, 0) is 9.59 Å². The smallest absolute Gasteiger partial charge is 0.229 e. The standard InChI is InChI=1S/C15H16N2O3/c1-11-8-14(18)17(15(19)9-11)6-7-20-13-4-2-12(10-16)3-5-13/h2-5,11H,6-9H2,1H3. The van der Waals surface area contributed by atoms with Crippen molar-refractivity contribution in [3.63, 3.8) is 0 Å². The number of nitrogens with zero attached hydrogens (tertiary/aromatic N) is 2.